The predicted octanol–water partition coefficient (Wildman–Crippen LogP) is 1.57. The van der Waals surface area contributed by atoms with Crippen LogP contribution in [0.15, 0.2) is 30.3 Å². The molecule has 1 saturated heterocycles. The number of aromatic nitrogens is 1. The largest absolute Gasteiger partial charge is 0.494 e. The Morgan fingerprint density at radius 2 is 2.19 bits per heavy atom. The Morgan fingerprint density at radius 3 is 2.95 bits per heavy atom. The standard InChI is InChI=1S/C16H20N2O3/c1-21-13-5-2-4-12-6-7-14(17-15(12)13)18-9-3-8-16(20,10-18)11-19/h2,4-7,19-20H,3,8-11H2,1H3. The van der Waals surface area contributed by atoms with E-state index in [9.17, 15) is 10.2 Å². The molecule has 112 valence electrons. The molecule has 1 aliphatic heterocycles. The highest BCUT2D eigenvalue weighted by Gasteiger charge is 2.33. The number of pyridine rings is 1. The number of rotatable bonds is 3. The first kappa shape index (κ1) is 14.1. The number of β-amino-alcohol motifs (C(OH)–C–C–N with tert-alkyl or cyclic N) is 1. The normalized spacial score (nSPS) is 22.5. The topological polar surface area (TPSA) is 65.8 Å². The third-order valence-electron chi connectivity index (χ3n) is 4.06. The van der Waals surface area contributed by atoms with Gasteiger partial charge < -0.3 is 19.8 Å². The molecule has 1 fully saturated rings. The number of piperidine rings is 1. The smallest absolute Gasteiger partial charge is 0.145 e. The number of para-hydroxylation sites is 1. The van der Waals surface area contributed by atoms with E-state index in [-0.39, 0.29) is 6.61 Å². The average Bonchev–Trinajstić information content (AvgIpc) is 2.54. The molecule has 0 spiro atoms. The predicted molar refractivity (Wildman–Crippen MR) is 81.8 cm³/mol. The SMILES string of the molecule is COc1cccc2ccc(N3CCCC(O)(CO)C3)nc12. The van der Waals surface area contributed by atoms with Crippen LogP contribution < -0.4 is 9.64 Å². The second kappa shape index (κ2) is 5.50. The number of ether oxygens (including phenoxy) is 1. The number of hydrogen-bond donors (Lipinski definition) is 2. The Bertz CT molecular complexity index is 646. The number of hydrogen-bond acceptors (Lipinski definition) is 5. The second-order valence-electron chi connectivity index (χ2n) is 5.61. The summed E-state index contributed by atoms with van der Waals surface area (Å²) in [4.78, 5) is 6.70. The van der Waals surface area contributed by atoms with Crippen molar-refractivity contribution in [2.24, 2.45) is 0 Å². The van der Waals surface area contributed by atoms with Gasteiger partial charge in [0, 0.05) is 11.9 Å². The van der Waals surface area contributed by atoms with Gasteiger partial charge in [0.15, 0.2) is 0 Å². The molecule has 0 aliphatic carbocycles. The summed E-state index contributed by atoms with van der Waals surface area (Å²) in [5.74, 6) is 1.54. The molecular weight excluding hydrogens is 268 g/mol. The van der Waals surface area contributed by atoms with Gasteiger partial charge in [-0.2, -0.15) is 0 Å². The Morgan fingerprint density at radius 1 is 1.33 bits per heavy atom. The molecule has 1 atom stereocenters. The van der Waals surface area contributed by atoms with Gasteiger partial charge in [-0.25, -0.2) is 4.98 Å². The maximum Gasteiger partial charge on any atom is 0.145 e. The minimum absolute atomic E-state index is 0.222. The van der Waals surface area contributed by atoms with Crippen molar-refractivity contribution in [3.63, 3.8) is 0 Å². The minimum Gasteiger partial charge on any atom is -0.494 e. The zero-order chi connectivity index (χ0) is 14.9. The Hall–Kier alpha value is -1.85. The van der Waals surface area contributed by atoms with Crippen LogP contribution >= 0.6 is 0 Å². The molecule has 5 heteroatoms. The lowest BCUT2D eigenvalue weighted by atomic mass is 9.94. The van der Waals surface area contributed by atoms with Crippen LogP contribution in [0.5, 0.6) is 5.75 Å². The van der Waals surface area contributed by atoms with E-state index in [4.69, 9.17) is 4.74 Å². The van der Waals surface area contributed by atoms with Gasteiger partial charge in [0.1, 0.15) is 22.7 Å². The monoisotopic (exact) mass is 288 g/mol. The van der Waals surface area contributed by atoms with Crippen molar-refractivity contribution in [1.29, 1.82) is 0 Å². The van der Waals surface area contributed by atoms with Crippen LogP contribution in [-0.4, -0.2) is 47.6 Å². The lowest BCUT2D eigenvalue weighted by Crippen LogP contribution is -2.50. The summed E-state index contributed by atoms with van der Waals surface area (Å²) in [7, 11) is 1.63. The Kier molecular flexibility index (Phi) is 3.69. The van der Waals surface area contributed by atoms with Crippen molar-refractivity contribution in [3.05, 3.63) is 30.3 Å². The molecule has 0 bridgehead atoms. The molecule has 1 aliphatic rings. The molecule has 1 aromatic carbocycles. The van der Waals surface area contributed by atoms with Gasteiger partial charge in [0.25, 0.3) is 0 Å². The number of fused-ring (bicyclic) bond motifs is 1. The fraction of sp³-hybridized carbons (Fsp3) is 0.438. The first-order valence-electron chi connectivity index (χ1n) is 7.17. The quantitative estimate of drug-likeness (QED) is 0.897. The molecule has 5 nitrogen and oxygen atoms in total. The number of aliphatic hydroxyl groups excluding tert-OH is 1. The van der Waals surface area contributed by atoms with E-state index in [0.29, 0.717) is 13.0 Å². The highest BCUT2D eigenvalue weighted by molar-refractivity contribution is 5.86. The van der Waals surface area contributed by atoms with Crippen molar-refractivity contribution in [1.82, 2.24) is 4.98 Å². The lowest BCUT2D eigenvalue weighted by Gasteiger charge is -2.38. The van der Waals surface area contributed by atoms with Gasteiger partial charge in [-0.15, -0.1) is 0 Å². The Balaban J connectivity index is 1.97. The lowest BCUT2D eigenvalue weighted by molar-refractivity contribution is -0.0242. The van der Waals surface area contributed by atoms with E-state index >= 15 is 0 Å². The summed E-state index contributed by atoms with van der Waals surface area (Å²) in [6.45, 7) is 1.01. The van der Waals surface area contributed by atoms with E-state index < -0.39 is 5.60 Å². The van der Waals surface area contributed by atoms with E-state index in [1.165, 1.54) is 0 Å². The fourth-order valence-corrected chi connectivity index (χ4v) is 2.89. The third-order valence-corrected chi connectivity index (χ3v) is 4.06. The van der Waals surface area contributed by atoms with Gasteiger partial charge in [-0.3, -0.25) is 0 Å². The number of methoxy groups -OCH3 is 1. The van der Waals surface area contributed by atoms with Crippen LogP contribution in [0.25, 0.3) is 10.9 Å². The summed E-state index contributed by atoms with van der Waals surface area (Å²) in [5, 5.41) is 20.7. The molecule has 21 heavy (non-hydrogen) atoms. The van der Waals surface area contributed by atoms with Gasteiger partial charge in [0.05, 0.1) is 20.3 Å². The minimum atomic E-state index is -1.03. The molecule has 1 aromatic heterocycles. The van der Waals surface area contributed by atoms with Crippen molar-refractivity contribution in [3.8, 4) is 5.75 Å². The summed E-state index contributed by atoms with van der Waals surface area (Å²) < 4.78 is 5.36. The van der Waals surface area contributed by atoms with Crippen LogP contribution in [0.1, 0.15) is 12.8 Å². The molecule has 0 radical (unpaired) electrons. The molecule has 0 amide bonds. The first-order chi connectivity index (χ1) is 10.1. The van der Waals surface area contributed by atoms with Crippen LogP contribution in [0.4, 0.5) is 5.82 Å². The van der Waals surface area contributed by atoms with E-state index in [1.54, 1.807) is 7.11 Å². The molecule has 2 heterocycles. The van der Waals surface area contributed by atoms with E-state index in [0.717, 1.165) is 35.4 Å². The number of nitrogens with zero attached hydrogens (tertiary/aromatic N) is 2. The highest BCUT2D eigenvalue weighted by atomic mass is 16.5. The van der Waals surface area contributed by atoms with Crippen molar-refractivity contribution in [2.75, 3.05) is 31.7 Å². The van der Waals surface area contributed by atoms with Gasteiger partial charge >= 0.3 is 0 Å². The summed E-state index contributed by atoms with van der Waals surface area (Å²) in [6, 6.07) is 9.78. The highest BCUT2D eigenvalue weighted by Crippen LogP contribution is 2.29. The van der Waals surface area contributed by atoms with Crippen LogP contribution in [0, 0.1) is 0 Å². The second-order valence-corrected chi connectivity index (χ2v) is 5.61. The summed E-state index contributed by atoms with van der Waals surface area (Å²) in [6.07, 6.45) is 1.46. The Labute approximate surface area is 123 Å². The van der Waals surface area contributed by atoms with Crippen LogP contribution in [0.2, 0.25) is 0 Å². The van der Waals surface area contributed by atoms with Crippen molar-refractivity contribution < 1.29 is 14.9 Å². The molecule has 3 rings (SSSR count). The molecular formula is C16H20N2O3. The van der Waals surface area contributed by atoms with E-state index in [1.807, 2.05) is 35.2 Å². The molecule has 0 saturated carbocycles. The summed E-state index contributed by atoms with van der Waals surface area (Å²) >= 11 is 0. The summed E-state index contributed by atoms with van der Waals surface area (Å²) in [5.41, 5.74) is -0.217. The van der Waals surface area contributed by atoms with Crippen LogP contribution in [0.3, 0.4) is 0 Å². The van der Waals surface area contributed by atoms with Crippen molar-refractivity contribution >= 4 is 16.7 Å². The number of anilines is 1. The number of benzene rings is 1. The zero-order valence-electron chi connectivity index (χ0n) is 12.1. The maximum absolute atomic E-state index is 10.3. The zero-order valence-corrected chi connectivity index (χ0v) is 12.1. The van der Waals surface area contributed by atoms with Crippen LogP contribution in [-0.2, 0) is 0 Å². The maximum atomic E-state index is 10.3. The number of aliphatic hydroxyl groups is 2. The first-order valence-corrected chi connectivity index (χ1v) is 7.17. The molecule has 2 N–H and O–H groups in total. The average molecular weight is 288 g/mol. The molecule has 1 unspecified atom stereocenters. The van der Waals surface area contributed by atoms with Gasteiger partial charge in [-0.05, 0) is 31.0 Å². The fourth-order valence-electron chi connectivity index (χ4n) is 2.89. The van der Waals surface area contributed by atoms with E-state index in [2.05, 4.69) is 4.98 Å². The third kappa shape index (κ3) is 2.66. The van der Waals surface area contributed by atoms with Crippen molar-refractivity contribution in [2.45, 2.75) is 18.4 Å². The van der Waals surface area contributed by atoms with Gasteiger partial charge in [-0.1, -0.05) is 12.1 Å². The van der Waals surface area contributed by atoms with Gasteiger partial charge in [0.2, 0.25) is 0 Å². The molecule has 2 aromatic rings.